The number of furan rings is 1. The van der Waals surface area contributed by atoms with E-state index in [2.05, 4.69) is 4.98 Å². The molecule has 2 rings (SSSR count). The molecule has 0 aliphatic heterocycles. The Balaban J connectivity index is 2.10. The fraction of sp³-hybridized carbons (Fsp3) is 0.273. The molecule has 0 amide bonds. The first kappa shape index (κ1) is 9.71. The van der Waals surface area contributed by atoms with Crippen molar-refractivity contribution in [1.29, 1.82) is 0 Å². The number of hydrogen-bond donors (Lipinski definition) is 0. The first-order valence-electron chi connectivity index (χ1n) is 4.79. The van der Waals surface area contributed by atoms with Gasteiger partial charge in [-0.3, -0.25) is 4.79 Å². The Morgan fingerprint density at radius 1 is 1.53 bits per heavy atom. The molecule has 0 aliphatic carbocycles. The summed E-state index contributed by atoms with van der Waals surface area (Å²) in [6, 6.07) is 3.79. The predicted octanol–water partition coefficient (Wildman–Crippen LogP) is 1.61. The molecule has 0 atom stereocenters. The van der Waals surface area contributed by atoms with Crippen molar-refractivity contribution in [2.45, 2.75) is 12.8 Å². The van der Waals surface area contributed by atoms with Gasteiger partial charge in [-0.25, -0.2) is 4.98 Å². The molecule has 0 radical (unpaired) electrons. The van der Waals surface area contributed by atoms with Gasteiger partial charge in [-0.05, 0) is 18.6 Å². The molecule has 0 N–H and O–H groups in total. The zero-order valence-electron chi connectivity index (χ0n) is 8.51. The average Bonchev–Trinajstić information content (AvgIpc) is 2.84. The average molecular weight is 204 g/mol. The summed E-state index contributed by atoms with van der Waals surface area (Å²) in [4.78, 5) is 14.7. The summed E-state index contributed by atoms with van der Waals surface area (Å²) in [6.45, 7) is 0. The maximum absolute atomic E-state index is 10.7. The van der Waals surface area contributed by atoms with Gasteiger partial charge < -0.3 is 8.98 Å². The molecule has 0 fully saturated rings. The van der Waals surface area contributed by atoms with Crippen LogP contribution >= 0.6 is 0 Å². The van der Waals surface area contributed by atoms with Gasteiger partial charge in [0, 0.05) is 19.2 Å². The van der Waals surface area contributed by atoms with E-state index in [1.54, 1.807) is 12.6 Å². The lowest BCUT2D eigenvalue weighted by Gasteiger charge is -2.01. The zero-order chi connectivity index (χ0) is 10.7. The van der Waals surface area contributed by atoms with Gasteiger partial charge in [0.1, 0.15) is 11.5 Å². The van der Waals surface area contributed by atoms with Crippen molar-refractivity contribution in [3.8, 4) is 0 Å². The van der Waals surface area contributed by atoms with E-state index in [1.165, 1.54) is 0 Å². The number of hydrogen-bond acceptors (Lipinski definition) is 3. The Morgan fingerprint density at radius 2 is 2.40 bits per heavy atom. The summed E-state index contributed by atoms with van der Waals surface area (Å²) in [5.74, 6) is 0.924. The highest BCUT2D eigenvalue weighted by Crippen LogP contribution is 2.09. The minimum atomic E-state index is 0.518. The van der Waals surface area contributed by atoms with Crippen molar-refractivity contribution in [2.75, 3.05) is 0 Å². The maximum Gasteiger partial charge on any atom is 0.170 e. The van der Waals surface area contributed by atoms with Crippen LogP contribution in [0.2, 0.25) is 0 Å². The number of nitrogens with zero attached hydrogens (tertiary/aromatic N) is 2. The lowest BCUT2D eigenvalue weighted by atomic mass is 10.2. The number of imidazole rings is 1. The highest BCUT2D eigenvalue weighted by Gasteiger charge is 2.08. The van der Waals surface area contributed by atoms with Gasteiger partial charge in [0.2, 0.25) is 0 Å². The summed E-state index contributed by atoms with van der Waals surface area (Å²) in [6.07, 6.45) is 5.64. The molecule has 0 unspecified atom stereocenters. The molecule has 4 heteroatoms. The molecule has 0 aromatic carbocycles. The van der Waals surface area contributed by atoms with Crippen molar-refractivity contribution in [3.05, 3.63) is 41.9 Å². The fourth-order valence-corrected chi connectivity index (χ4v) is 1.57. The zero-order valence-corrected chi connectivity index (χ0v) is 8.51. The minimum Gasteiger partial charge on any atom is -0.469 e. The first-order chi connectivity index (χ1) is 7.31. The summed E-state index contributed by atoms with van der Waals surface area (Å²) < 4.78 is 7.09. The predicted molar refractivity (Wildman–Crippen MR) is 54.7 cm³/mol. The molecule has 2 heterocycles. The SMILES string of the molecule is Cn1cnc(C=O)c1CCc1ccco1. The quantitative estimate of drug-likeness (QED) is 0.711. The van der Waals surface area contributed by atoms with E-state index in [0.717, 1.165) is 30.6 Å². The minimum absolute atomic E-state index is 0.518. The smallest absolute Gasteiger partial charge is 0.170 e. The van der Waals surface area contributed by atoms with E-state index >= 15 is 0 Å². The second-order valence-corrected chi connectivity index (χ2v) is 3.38. The Bertz CT molecular complexity index is 443. The summed E-state index contributed by atoms with van der Waals surface area (Å²) in [5, 5.41) is 0. The van der Waals surface area contributed by atoms with Gasteiger partial charge in [0.15, 0.2) is 6.29 Å². The van der Waals surface area contributed by atoms with Crippen LogP contribution in [0.1, 0.15) is 21.9 Å². The van der Waals surface area contributed by atoms with E-state index in [1.807, 2.05) is 23.7 Å². The van der Waals surface area contributed by atoms with Crippen LogP contribution < -0.4 is 0 Å². The summed E-state index contributed by atoms with van der Waals surface area (Å²) in [5.41, 5.74) is 1.46. The number of rotatable bonds is 4. The summed E-state index contributed by atoms with van der Waals surface area (Å²) in [7, 11) is 1.89. The van der Waals surface area contributed by atoms with E-state index in [-0.39, 0.29) is 0 Å². The van der Waals surface area contributed by atoms with Gasteiger partial charge in [-0.15, -0.1) is 0 Å². The van der Waals surface area contributed by atoms with Gasteiger partial charge >= 0.3 is 0 Å². The molecule has 15 heavy (non-hydrogen) atoms. The molecule has 0 saturated carbocycles. The van der Waals surface area contributed by atoms with Crippen LogP contribution in [0.15, 0.2) is 29.1 Å². The van der Waals surface area contributed by atoms with Gasteiger partial charge in [-0.1, -0.05) is 0 Å². The number of carbonyl (C=O) groups excluding carboxylic acids is 1. The van der Waals surface area contributed by atoms with E-state index in [0.29, 0.717) is 5.69 Å². The number of aryl methyl sites for hydroxylation is 2. The van der Waals surface area contributed by atoms with E-state index in [9.17, 15) is 4.79 Å². The van der Waals surface area contributed by atoms with Crippen molar-refractivity contribution in [3.63, 3.8) is 0 Å². The second kappa shape index (κ2) is 4.13. The Hall–Kier alpha value is -1.84. The third-order valence-corrected chi connectivity index (χ3v) is 2.39. The van der Waals surface area contributed by atoms with Crippen LogP contribution in [0.4, 0.5) is 0 Å². The van der Waals surface area contributed by atoms with Crippen molar-refractivity contribution >= 4 is 6.29 Å². The molecule has 0 spiro atoms. The van der Waals surface area contributed by atoms with Crippen LogP contribution in [0.5, 0.6) is 0 Å². The molecular weight excluding hydrogens is 192 g/mol. The normalized spacial score (nSPS) is 10.5. The third-order valence-electron chi connectivity index (χ3n) is 2.39. The number of aromatic nitrogens is 2. The number of aldehydes is 1. The Morgan fingerprint density at radius 3 is 3.07 bits per heavy atom. The lowest BCUT2D eigenvalue weighted by Crippen LogP contribution is -2.00. The van der Waals surface area contributed by atoms with Gasteiger partial charge in [0.05, 0.1) is 12.6 Å². The topological polar surface area (TPSA) is 48.0 Å². The van der Waals surface area contributed by atoms with Crippen molar-refractivity contribution in [1.82, 2.24) is 9.55 Å². The molecule has 0 aliphatic rings. The number of carbonyl (C=O) groups is 1. The Labute approximate surface area is 87.5 Å². The standard InChI is InChI=1S/C11H12N2O2/c1-13-8-12-10(7-14)11(13)5-4-9-3-2-6-15-9/h2-3,6-8H,4-5H2,1H3. The maximum atomic E-state index is 10.7. The summed E-state index contributed by atoms with van der Waals surface area (Å²) >= 11 is 0. The Kier molecular flexibility index (Phi) is 2.67. The van der Waals surface area contributed by atoms with Crippen molar-refractivity contribution in [2.24, 2.45) is 7.05 Å². The molecular formula is C11H12N2O2. The largest absolute Gasteiger partial charge is 0.469 e. The molecule has 4 nitrogen and oxygen atoms in total. The molecule has 2 aromatic rings. The van der Waals surface area contributed by atoms with Gasteiger partial charge in [0.25, 0.3) is 0 Å². The van der Waals surface area contributed by atoms with Crippen molar-refractivity contribution < 1.29 is 9.21 Å². The van der Waals surface area contributed by atoms with E-state index < -0.39 is 0 Å². The van der Waals surface area contributed by atoms with E-state index in [4.69, 9.17) is 4.42 Å². The van der Waals surface area contributed by atoms with Gasteiger partial charge in [-0.2, -0.15) is 0 Å². The highest BCUT2D eigenvalue weighted by atomic mass is 16.3. The monoisotopic (exact) mass is 204 g/mol. The molecule has 0 bridgehead atoms. The molecule has 2 aromatic heterocycles. The molecule has 0 saturated heterocycles. The highest BCUT2D eigenvalue weighted by molar-refractivity contribution is 5.73. The van der Waals surface area contributed by atoms with Crippen LogP contribution in [0.25, 0.3) is 0 Å². The lowest BCUT2D eigenvalue weighted by molar-refractivity contribution is 0.111. The first-order valence-corrected chi connectivity index (χ1v) is 4.79. The van der Waals surface area contributed by atoms with Crippen LogP contribution in [0, 0.1) is 0 Å². The second-order valence-electron chi connectivity index (χ2n) is 3.38. The van der Waals surface area contributed by atoms with Crippen LogP contribution in [-0.4, -0.2) is 15.8 Å². The third kappa shape index (κ3) is 1.98. The van der Waals surface area contributed by atoms with Crippen LogP contribution in [0.3, 0.4) is 0 Å². The molecule has 78 valence electrons. The van der Waals surface area contributed by atoms with Crippen LogP contribution in [-0.2, 0) is 19.9 Å². The fourth-order valence-electron chi connectivity index (χ4n) is 1.57.